The van der Waals surface area contributed by atoms with Gasteiger partial charge in [-0.15, -0.1) is 0 Å². The number of hydrogen-bond acceptors (Lipinski definition) is 4. The highest BCUT2D eigenvalue weighted by atomic mass is 32.2. The number of halogens is 1. The predicted molar refractivity (Wildman–Crippen MR) is 93.2 cm³/mol. The van der Waals surface area contributed by atoms with Gasteiger partial charge in [0.1, 0.15) is 5.82 Å². The smallest absolute Gasteiger partial charge is 0.262 e. The first-order valence-corrected chi connectivity index (χ1v) is 9.58. The lowest BCUT2D eigenvalue weighted by atomic mass is 9.71. The molecule has 8 heteroatoms. The lowest BCUT2D eigenvalue weighted by Crippen LogP contribution is -2.50. The summed E-state index contributed by atoms with van der Waals surface area (Å²) in [6, 6.07) is 11.7. The van der Waals surface area contributed by atoms with Crippen molar-refractivity contribution in [1.82, 2.24) is 10.2 Å². The summed E-state index contributed by atoms with van der Waals surface area (Å²) in [6.45, 7) is 0. The Morgan fingerprint density at radius 2 is 1.69 bits per heavy atom. The van der Waals surface area contributed by atoms with Gasteiger partial charge < -0.3 is 5.32 Å². The van der Waals surface area contributed by atoms with Crippen molar-refractivity contribution in [2.24, 2.45) is 0 Å². The van der Waals surface area contributed by atoms with E-state index >= 15 is 0 Å². The van der Waals surface area contributed by atoms with E-state index in [9.17, 15) is 17.6 Å². The molecule has 0 saturated heterocycles. The summed E-state index contributed by atoms with van der Waals surface area (Å²) in [4.78, 5) is 18.9. The van der Waals surface area contributed by atoms with Crippen LogP contribution in [0.15, 0.2) is 53.4 Å². The molecule has 0 radical (unpaired) electrons. The van der Waals surface area contributed by atoms with E-state index < -0.39 is 15.6 Å². The molecule has 1 aliphatic carbocycles. The molecule has 1 amide bonds. The predicted octanol–water partition coefficient (Wildman–Crippen LogP) is 2.47. The Morgan fingerprint density at radius 1 is 1.08 bits per heavy atom. The molecule has 138 valence electrons. The van der Waals surface area contributed by atoms with E-state index in [0.717, 1.165) is 24.8 Å². The Kier molecular flexibility index (Phi) is 5.08. The SMILES string of the molecule is CONS(=O)(=O)c1ccc(C(=O)NC2(c3ccc(F)cc3)CCC2)cc1. The molecule has 3 rings (SSSR count). The number of sulfonamides is 1. The second-order valence-corrected chi connectivity index (χ2v) is 7.86. The van der Waals surface area contributed by atoms with Gasteiger partial charge in [0, 0.05) is 5.56 Å². The number of benzene rings is 2. The lowest BCUT2D eigenvalue weighted by Gasteiger charge is -2.43. The summed E-state index contributed by atoms with van der Waals surface area (Å²) in [5.41, 5.74) is 0.699. The third-order valence-electron chi connectivity index (χ3n) is 4.58. The summed E-state index contributed by atoms with van der Waals surface area (Å²) < 4.78 is 36.8. The highest BCUT2D eigenvalue weighted by molar-refractivity contribution is 7.89. The number of amides is 1. The second-order valence-electron chi connectivity index (χ2n) is 6.21. The maximum atomic E-state index is 13.2. The maximum Gasteiger partial charge on any atom is 0.262 e. The summed E-state index contributed by atoms with van der Waals surface area (Å²) in [6.07, 6.45) is 2.51. The van der Waals surface area contributed by atoms with Gasteiger partial charge in [-0.25, -0.2) is 12.8 Å². The van der Waals surface area contributed by atoms with Crippen molar-refractivity contribution < 1.29 is 22.4 Å². The van der Waals surface area contributed by atoms with Crippen LogP contribution in [0.3, 0.4) is 0 Å². The fraction of sp³-hybridized carbons (Fsp3) is 0.278. The third kappa shape index (κ3) is 3.62. The minimum Gasteiger partial charge on any atom is -0.343 e. The van der Waals surface area contributed by atoms with Gasteiger partial charge in [0.15, 0.2) is 0 Å². The summed E-state index contributed by atoms with van der Waals surface area (Å²) in [5, 5.41) is 3.01. The van der Waals surface area contributed by atoms with Crippen molar-refractivity contribution in [3.63, 3.8) is 0 Å². The van der Waals surface area contributed by atoms with Gasteiger partial charge in [-0.2, -0.15) is 0 Å². The fourth-order valence-corrected chi connectivity index (χ4v) is 3.83. The van der Waals surface area contributed by atoms with E-state index in [-0.39, 0.29) is 16.6 Å². The van der Waals surface area contributed by atoms with Gasteiger partial charge in [0.2, 0.25) is 0 Å². The molecular weight excluding hydrogens is 359 g/mol. The first-order valence-electron chi connectivity index (χ1n) is 8.10. The Morgan fingerprint density at radius 3 is 2.19 bits per heavy atom. The highest BCUT2D eigenvalue weighted by Gasteiger charge is 2.40. The topological polar surface area (TPSA) is 84.5 Å². The number of hydrogen-bond donors (Lipinski definition) is 2. The molecule has 0 atom stereocenters. The van der Waals surface area contributed by atoms with E-state index in [1.165, 1.54) is 43.5 Å². The molecule has 0 heterocycles. The zero-order valence-electron chi connectivity index (χ0n) is 14.2. The highest BCUT2D eigenvalue weighted by Crippen LogP contribution is 2.41. The molecule has 0 spiro atoms. The molecule has 0 bridgehead atoms. The molecule has 0 aliphatic heterocycles. The Balaban J connectivity index is 1.78. The molecule has 26 heavy (non-hydrogen) atoms. The average Bonchev–Trinajstić information content (AvgIpc) is 2.59. The molecule has 2 aromatic carbocycles. The van der Waals surface area contributed by atoms with Crippen LogP contribution in [0, 0.1) is 5.82 Å². The lowest BCUT2D eigenvalue weighted by molar-refractivity contribution is 0.0823. The number of carbonyl (C=O) groups excluding carboxylic acids is 1. The van der Waals surface area contributed by atoms with Gasteiger partial charge in [-0.05, 0) is 61.2 Å². The largest absolute Gasteiger partial charge is 0.343 e. The van der Waals surface area contributed by atoms with Gasteiger partial charge in [-0.1, -0.05) is 17.0 Å². The fourth-order valence-electron chi connectivity index (χ4n) is 3.02. The Labute approximate surface area is 151 Å². The van der Waals surface area contributed by atoms with Crippen molar-refractivity contribution in [3.8, 4) is 0 Å². The van der Waals surface area contributed by atoms with E-state index in [1.54, 1.807) is 12.1 Å². The number of carbonyl (C=O) groups is 1. The van der Waals surface area contributed by atoms with Gasteiger partial charge >= 0.3 is 0 Å². The molecule has 0 unspecified atom stereocenters. The van der Waals surface area contributed by atoms with Crippen LogP contribution in [0.5, 0.6) is 0 Å². The molecule has 1 fully saturated rings. The Bertz CT molecular complexity index is 892. The first-order chi connectivity index (χ1) is 12.4. The van der Waals surface area contributed by atoms with Crippen LogP contribution in [0.1, 0.15) is 35.2 Å². The normalized spacial score (nSPS) is 15.9. The van der Waals surface area contributed by atoms with E-state index in [1.807, 2.05) is 4.89 Å². The minimum atomic E-state index is -3.77. The van der Waals surface area contributed by atoms with Crippen LogP contribution in [0.4, 0.5) is 4.39 Å². The average molecular weight is 378 g/mol. The van der Waals surface area contributed by atoms with Crippen LogP contribution < -0.4 is 10.2 Å². The molecule has 2 aromatic rings. The van der Waals surface area contributed by atoms with Crippen LogP contribution in [-0.2, 0) is 20.4 Å². The van der Waals surface area contributed by atoms with Crippen molar-refractivity contribution in [2.45, 2.75) is 29.7 Å². The maximum absolute atomic E-state index is 13.2. The summed E-state index contributed by atoms with van der Waals surface area (Å²) >= 11 is 0. The van der Waals surface area contributed by atoms with Crippen molar-refractivity contribution in [3.05, 3.63) is 65.5 Å². The van der Waals surface area contributed by atoms with E-state index in [4.69, 9.17) is 0 Å². The monoisotopic (exact) mass is 378 g/mol. The van der Waals surface area contributed by atoms with Crippen LogP contribution >= 0.6 is 0 Å². The molecule has 1 aliphatic rings. The first kappa shape index (κ1) is 18.5. The van der Waals surface area contributed by atoms with Gasteiger partial charge in [-0.3, -0.25) is 9.63 Å². The van der Waals surface area contributed by atoms with Gasteiger partial charge in [0.25, 0.3) is 15.9 Å². The summed E-state index contributed by atoms with van der Waals surface area (Å²) in [5.74, 6) is -0.631. The second kappa shape index (κ2) is 7.14. The molecular formula is C18H19FN2O4S. The quantitative estimate of drug-likeness (QED) is 0.757. The van der Waals surface area contributed by atoms with Gasteiger partial charge in [0.05, 0.1) is 17.5 Å². The molecule has 2 N–H and O–H groups in total. The summed E-state index contributed by atoms with van der Waals surface area (Å²) in [7, 11) is -2.57. The van der Waals surface area contributed by atoms with E-state index in [0.29, 0.717) is 5.56 Å². The van der Waals surface area contributed by atoms with Crippen LogP contribution in [0.2, 0.25) is 0 Å². The van der Waals surface area contributed by atoms with Crippen molar-refractivity contribution in [2.75, 3.05) is 7.11 Å². The van der Waals surface area contributed by atoms with Crippen molar-refractivity contribution in [1.29, 1.82) is 0 Å². The number of rotatable bonds is 6. The zero-order valence-corrected chi connectivity index (χ0v) is 15.0. The minimum absolute atomic E-state index is 0.00667. The van der Waals surface area contributed by atoms with Crippen LogP contribution in [0.25, 0.3) is 0 Å². The van der Waals surface area contributed by atoms with E-state index in [2.05, 4.69) is 10.2 Å². The Hall–Kier alpha value is -2.29. The van der Waals surface area contributed by atoms with Crippen molar-refractivity contribution >= 4 is 15.9 Å². The zero-order chi connectivity index (χ0) is 18.8. The molecule has 1 saturated carbocycles. The molecule has 6 nitrogen and oxygen atoms in total. The van der Waals surface area contributed by atoms with Crippen LogP contribution in [-0.4, -0.2) is 21.4 Å². The third-order valence-corrected chi connectivity index (χ3v) is 5.86. The molecule has 0 aromatic heterocycles. The number of nitrogens with one attached hydrogen (secondary N) is 2. The standard InChI is InChI=1S/C18H19FN2O4S/c1-25-21-26(23,24)16-9-3-13(4-10-16)17(22)20-18(11-2-12-18)14-5-7-15(19)8-6-14/h3-10,21H,2,11-12H2,1H3,(H,20,22).